The number of urea groups is 1. The van der Waals surface area contributed by atoms with Gasteiger partial charge >= 0.3 is 6.03 Å². The summed E-state index contributed by atoms with van der Waals surface area (Å²) >= 11 is 0. The number of rotatable bonds is 3. The first-order chi connectivity index (χ1) is 11.0. The van der Waals surface area contributed by atoms with E-state index in [1.807, 2.05) is 24.3 Å². The van der Waals surface area contributed by atoms with Gasteiger partial charge in [-0.2, -0.15) is 0 Å². The third kappa shape index (κ3) is 3.03. The zero-order valence-electron chi connectivity index (χ0n) is 12.3. The van der Waals surface area contributed by atoms with Crippen LogP contribution in [0.4, 0.5) is 19.3 Å². The molecule has 4 nitrogen and oxygen atoms in total. The van der Waals surface area contributed by atoms with Crippen LogP contribution >= 0.6 is 0 Å². The molecule has 23 heavy (non-hydrogen) atoms. The molecule has 0 saturated carbocycles. The van der Waals surface area contributed by atoms with E-state index in [1.54, 1.807) is 0 Å². The van der Waals surface area contributed by atoms with E-state index in [4.69, 9.17) is 0 Å². The van der Waals surface area contributed by atoms with Gasteiger partial charge in [-0.05, 0) is 36.1 Å². The third-order valence-electron chi connectivity index (χ3n) is 4.07. The van der Waals surface area contributed by atoms with Gasteiger partial charge in [-0.1, -0.05) is 30.3 Å². The number of halogens is 2. The van der Waals surface area contributed by atoms with Gasteiger partial charge in [0, 0.05) is 0 Å². The highest BCUT2D eigenvalue weighted by Gasteiger charge is 2.36. The number of hydrogen-bond donors (Lipinski definition) is 3. The lowest BCUT2D eigenvalue weighted by molar-refractivity contribution is 0.0417. The van der Waals surface area contributed by atoms with Crippen molar-refractivity contribution < 1.29 is 18.7 Å². The van der Waals surface area contributed by atoms with Crippen molar-refractivity contribution in [3.8, 4) is 0 Å². The van der Waals surface area contributed by atoms with Crippen molar-refractivity contribution in [3.63, 3.8) is 0 Å². The predicted molar refractivity (Wildman–Crippen MR) is 82.0 cm³/mol. The van der Waals surface area contributed by atoms with E-state index in [-0.39, 0.29) is 6.54 Å². The van der Waals surface area contributed by atoms with Gasteiger partial charge < -0.3 is 15.7 Å². The Kier molecular flexibility index (Phi) is 4.00. The minimum atomic E-state index is -1.16. The summed E-state index contributed by atoms with van der Waals surface area (Å²) in [4.78, 5) is 11.9. The van der Waals surface area contributed by atoms with Crippen LogP contribution in [0.1, 0.15) is 17.5 Å². The first-order valence-electron chi connectivity index (χ1n) is 7.29. The maximum atomic E-state index is 13.5. The summed E-state index contributed by atoms with van der Waals surface area (Å²) in [6, 6.07) is 10.0. The highest BCUT2D eigenvalue weighted by Crippen LogP contribution is 2.36. The summed E-state index contributed by atoms with van der Waals surface area (Å²) in [6.45, 7) is -0.0358. The Hall–Kier alpha value is -2.47. The van der Waals surface area contributed by atoms with Crippen LogP contribution in [-0.2, 0) is 12.0 Å². The fourth-order valence-corrected chi connectivity index (χ4v) is 2.85. The second-order valence-electron chi connectivity index (χ2n) is 5.59. The first-order valence-corrected chi connectivity index (χ1v) is 7.29. The summed E-state index contributed by atoms with van der Waals surface area (Å²) in [6.07, 6.45) is 1.21. The maximum absolute atomic E-state index is 13.5. The van der Waals surface area contributed by atoms with E-state index in [0.29, 0.717) is 6.42 Å². The highest BCUT2D eigenvalue weighted by atomic mass is 19.1. The third-order valence-corrected chi connectivity index (χ3v) is 4.07. The highest BCUT2D eigenvalue weighted by molar-refractivity contribution is 5.89. The molecule has 2 aromatic rings. The molecule has 3 N–H and O–H groups in total. The Morgan fingerprint density at radius 3 is 2.57 bits per heavy atom. The Balaban J connectivity index is 1.66. The quantitative estimate of drug-likeness (QED) is 0.815. The largest absolute Gasteiger partial charge is 0.383 e. The fraction of sp³-hybridized carbons (Fsp3) is 0.235. The number of anilines is 1. The Morgan fingerprint density at radius 1 is 1.13 bits per heavy atom. The summed E-state index contributed by atoms with van der Waals surface area (Å²) in [7, 11) is 0. The number of carbonyl (C=O) groups is 1. The van der Waals surface area contributed by atoms with Gasteiger partial charge in [-0.3, -0.25) is 0 Å². The van der Waals surface area contributed by atoms with Crippen LogP contribution in [0.25, 0.3) is 0 Å². The van der Waals surface area contributed by atoms with Crippen molar-refractivity contribution in [2.45, 2.75) is 18.4 Å². The minimum Gasteiger partial charge on any atom is -0.383 e. The number of nitrogens with one attached hydrogen (secondary N) is 2. The second-order valence-corrected chi connectivity index (χ2v) is 5.59. The zero-order valence-corrected chi connectivity index (χ0v) is 12.3. The monoisotopic (exact) mass is 318 g/mol. The van der Waals surface area contributed by atoms with Crippen molar-refractivity contribution in [1.82, 2.24) is 5.32 Å². The number of amides is 2. The summed E-state index contributed by atoms with van der Waals surface area (Å²) in [5.74, 6) is -1.71. The van der Waals surface area contributed by atoms with Gasteiger partial charge in [-0.25, -0.2) is 13.6 Å². The van der Waals surface area contributed by atoms with Gasteiger partial charge in [0.2, 0.25) is 0 Å². The van der Waals surface area contributed by atoms with E-state index >= 15 is 0 Å². The van der Waals surface area contributed by atoms with Gasteiger partial charge in [0.25, 0.3) is 0 Å². The van der Waals surface area contributed by atoms with E-state index in [9.17, 15) is 18.7 Å². The van der Waals surface area contributed by atoms with Gasteiger partial charge in [-0.15, -0.1) is 0 Å². The van der Waals surface area contributed by atoms with E-state index in [2.05, 4.69) is 10.6 Å². The lowest BCUT2D eigenvalue weighted by Crippen LogP contribution is -2.41. The summed E-state index contributed by atoms with van der Waals surface area (Å²) in [5.41, 5.74) is 0.139. The number of para-hydroxylation sites is 1. The zero-order chi connectivity index (χ0) is 16.4. The van der Waals surface area contributed by atoms with Crippen molar-refractivity contribution in [3.05, 3.63) is 65.2 Å². The first kappa shape index (κ1) is 15.4. The summed E-state index contributed by atoms with van der Waals surface area (Å²) in [5, 5.41) is 15.3. The maximum Gasteiger partial charge on any atom is 0.319 e. The van der Waals surface area contributed by atoms with E-state index < -0.39 is 29.0 Å². The van der Waals surface area contributed by atoms with Crippen LogP contribution in [0.2, 0.25) is 0 Å². The molecule has 0 spiro atoms. The second kappa shape index (κ2) is 5.96. The Morgan fingerprint density at radius 2 is 1.83 bits per heavy atom. The van der Waals surface area contributed by atoms with Crippen molar-refractivity contribution in [2.24, 2.45) is 0 Å². The molecule has 0 aliphatic heterocycles. The van der Waals surface area contributed by atoms with Crippen molar-refractivity contribution >= 4 is 11.7 Å². The molecule has 1 aliphatic carbocycles. The van der Waals surface area contributed by atoms with Crippen LogP contribution < -0.4 is 10.6 Å². The number of aryl methyl sites for hydroxylation is 1. The average molecular weight is 318 g/mol. The molecule has 0 saturated heterocycles. The molecular weight excluding hydrogens is 302 g/mol. The van der Waals surface area contributed by atoms with Crippen LogP contribution in [0.3, 0.4) is 0 Å². The van der Waals surface area contributed by atoms with E-state index in [0.717, 1.165) is 29.7 Å². The van der Waals surface area contributed by atoms with Crippen LogP contribution in [0.5, 0.6) is 0 Å². The molecule has 0 fully saturated rings. The molecule has 0 aromatic heterocycles. The predicted octanol–water partition coefficient (Wildman–Crippen LogP) is 2.92. The fourth-order valence-electron chi connectivity index (χ4n) is 2.85. The molecule has 1 atom stereocenters. The molecule has 2 amide bonds. The number of benzene rings is 2. The number of carbonyl (C=O) groups excluding carboxylic acids is 1. The van der Waals surface area contributed by atoms with Crippen LogP contribution in [0, 0.1) is 11.6 Å². The standard InChI is InChI=1S/C17H16F2N2O2/c18-13-6-3-7-14(19)15(13)21-16(22)20-10-17(23)9-8-11-4-1-2-5-12(11)17/h1-7,23H,8-10H2,(H2,20,21,22). The minimum absolute atomic E-state index is 0.0358. The van der Waals surface area contributed by atoms with Gasteiger partial charge in [0.1, 0.15) is 22.9 Å². The number of hydrogen-bond acceptors (Lipinski definition) is 2. The Labute approximate surface area is 132 Å². The molecule has 1 aliphatic rings. The number of aliphatic hydroxyl groups is 1. The van der Waals surface area contributed by atoms with E-state index in [1.165, 1.54) is 6.07 Å². The molecule has 0 radical (unpaired) electrons. The summed E-state index contributed by atoms with van der Waals surface area (Å²) < 4.78 is 27.0. The normalized spacial score (nSPS) is 19.3. The van der Waals surface area contributed by atoms with Gasteiger partial charge in [0.15, 0.2) is 0 Å². The molecule has 0 heterocycles. The molecular formula is C17H16F2N2O2. The molecule has 120 valence electrons. The molecule has 0 bridgehead atoms. The Bertz CT molecular complexity index is 731. The molecule has 2 aromatic carbocycles. The SMILES string of the molecule is O=C(NCC1(O)CCc2ccccc21)Nc1c(F)cccc1F. The molecule has 3 rings (SSSR count). The topological polar surface area (TPSA) is 61.4 Å². The lowest BCUT2D eigenvalue weighted by Gasteiger charge is -2.24. The van der Waals surface area contributed by atoms with Crippen LogP contribution in [0.15, 0.2) is 42.5 Å². The van der Waals surface area contributed by atoms with Crippen LogP contribution in [-0.4, -0.2) is 17.7 Å². The smallest absolute Gasteiger partial charge is 0.319 e. The number of fused-ring (bicyclic) bond motifs is 1. The molecule has 6 heteroatoms. The van der Waals surface area contributed by atoms with Crippen molar-refractivity contribution in [2.75, 3.05) is 11.9 Å². The van der Waals surface area contributed by atoms with Gasteiger partial charge in [0.05, 0.1) is 6.54 Å². The lowest BCUT2D eigenvalue weighted by atomic mass is 9.96. The average Bonchev–Trinajstić information content (AvgIpc) is 2.88. The molecule has 1 unspecified atom stereocenters. The van der Waals surface area contributed by atoms with Crippen molar-refractivity contribution in [1.29, 1.82) is 0 Å².